The summed E-state index contributed by atoms with van der Waals surface area (Å²) in [5.41, 5.74) is 7.94. The van der Waals surface area contributed by atoms with Crippen LogP contribution >= 0.6 is 0 Å². The Labute approximate surface area is 162 Å². The Morgan fingerprint density at radius 3 is 2.61 bits per heavy atom. The zero-order valence-electron chi connectivity index (χ0n) is 15.6. The minimum absolute atomic E-state index is 0.0559. The van der Waals surface area contributed by atoms with Gasteiger partial charge in [0.2, 0.25) is 0 Å². The number of nitrogens with zero attached hydrogens (tertiary/aromatic N) is 4. The molecular weight excluding hydrogens is 352 g/mol. The van der Waals surface area contributed by atoms with E-state index in [-0.39, 0.29) is 12.0 Å². The second-order valence-corrected chi connectivity index (χ2v) is 7.18. The first kappa shape index (κ1) is 16.7. The van der Waals surface area contributed by atoms with Gasteiger partial charge in [-0.1, -0.05) is 42.5 Å². The Morgan fingerprint density at radius 2 is 1.89 bits per heavy atom. The van der Waals surface area contributed by atoms with Crippen LogP contribution in [0.15, 0.2) is 53.6 Å². The number of hydrogen-bond acceptors (Lipinski definition) is 6. The van der Waals surface area contributed by atoms with E-state index in [0.717, 1.165) is 46.0 Å². The molecule has 1 aromatic heterocycles. The van der Waals surface area contributed by atoms with Crippen LogP contribution in [0.5, 0.6) is 0 Å². The van der Waals surface area contributed by atoms with Crippen molar-refractivity contribution in [3.8, 4) is 0 Å². The Kier molecular flexibility index (Phi) is 3.75. The second kappa shape index (κ2) is 6.30. The molecule has 2 aromatic carbocycles. The fourth-order valence-corrected chi connectivity index (χ4v) is 4.14. The monoisotopic (exact) mass is 372 g/mol. The maximum absolute atomic E-state index is 11.6. The minimum Gasteiger partial charge on any atom is -0.377 e. The van der Waals surface area contributed by atoms with Crippen molar-refractivity contribution in [1.29, 1.82) is 0 Å². The molecule has 0 spiro atoms. The molecule has 0 saturated carbocycles. The molecule has 2 N–H and O–H groups in total. The van der Waals surface area contributed by atoms with Gasteiger partial charge in [0.15, 0.2) is 0 Å². The summed E-state index contributed by atoms with van der Waals surface area (Å²) >= 11 is 0. The van der Waals surface area contributed by atoms with Gasteiger partial charge in [-0.2, -0.15) is 5.10 Å². The Bertz CT molecular complexity index is 1090. The number of carbonyl (C=O) groups excluding carboxylic acids is 1. The van der Waals surface area contributed by atoms with E-state index in [0.29, 0.717) is 0 Å². The average molecular weight is 372 g/mol. The molecule has 0 radical (unpaired) electrons. The van der Waals surface area contributed by atoms with E-state index >= 15 is 0 Å². The van der Waals surface area contributed by atoms with Gasteiger partial charge in [-0.3, -0.25) is 5.43 Å². The van der Waals surface area contributed by atoms with Gasteiger partial charge in [-0.05, 0) is 24.1 Å². The molecule has 3 heterocycles. The predicted octanol–water partition coefficient (Wildman–Crippen LogP) is 2.62. The highest BCUT2D eigenvalue weighted by Crippen LogP contribution is 2.45. The van der Waals surface area contributed by atoms with Crippen molar-refractivity contribution in [1.82, 2.24) is 20.2 Å². The summed E-state index contributed by atoms with van der Waals surface area (Å²) in [6, 6.07) is 15.8. The van der Waals surface area contributed by atoms with Gasteiger partial charge in [-0.15, -0.1) is 10.2 Å². The van der Waals surface area contributed by atoms with Crippen LogP contribution in [0.1, 0.15) is 46.3 Å². The van der Waals surface area contributed by atoms with E-state index in [9.17, 15) is 4.79 Å². The van der Waals surface area contributed by atoms with E-state index in [1.807, 2.05) is 54.9 Å². The summed E-state index contributed by atoms with van der Waals surface area (Å²) in [6.45, 7) is 1.94. The van der Waals surface area contributed by atoms with Crippen LogP contribution in [-0.2, 0) is 11.8 Å². The molecule has 28 heavy (non-hydrogen) atoms. The lowest BCUT2D eigenvalue weighted by Crippen LogP contribution is -2.39. The summed E-state index contributed by atoms with van der Waals surface area (Å²) in [5.74, 6) is 1.53. The SMILES string of the molecule is Cc1nnc(C2C3=NNC(C=O)c4cccc(c43)NC2c2ccccc2)n1C. The highest BCUT2D eigenvalue weighted by molar-refractivity contribution is 6.13. The molecule has 0 fully saturated rings. The van der Waals surface area contributed by atoms with E-state index in [4.69, 9.17) is 0 Å². The number of aryl methyl sites for hydroxylation is 1. The number of hydrazone groups is 1. The Hall–Kier alpha value is -3.48. The number of benzene rings is 2. The largest absolute Gasteiger partial charge is 0.377 e. The predicted molar refractivity (Wildman–Crippen MR) is 106 cm³/mol. The molecule has 5 rings (SSSR count). The fourth-order valence-electron chi connectivity index (χ4n) is 4.14. The van der Waals surface area contributed by atoms with Gasteiger partial charge < -0.3 is 14.7 Å². The summed E-state index contributed by atoms with van der Waals surface area (Å²) in [7, 11) is 1.97. The van der Waals surface area contributed by atoms with Crippen molar-refractivity contribution in [2.45, 2.75) is 24.9 Å². The molecule has 3 unspecified atom stereocenters. The van der Waals surface area contributed by atoms with Crippen molar-refractivity contribution < 1.29 is 4.79 Å². The molecule has 0 amide bonds. The summed E-state index contributed by atoms with van der Waals surface area (Å²) in [6.07, 6.45) is 0.890. The molecule has 140 valence electrons. The number of nitrogens with one attached hydrogen (secondary N) is 2. The zero-order valence-corrected chi connectivity index (χ0v) is 15.6. The number of hydrogen-bond donors (Lipinski definition) is 2. The first-order chi connectivity index (χ1) is 13.7. The van der Waals surface area contributed by atoms with Crippen molar-refractivity contribution >= 4 is 17.7 Å². The molecule has 2 aliphatic heterocycles. The topological polar surface area (TPSA) is 84.2 Å². The van der Waals surface area contributed by atoms with Gasteiger partial charge in [0.05, 0.1) is 17.7 Å². The van der Waals surface area contributed by atoms with Crippen LogP contribution in [0, 0.1) is 6.92 Å². The minimum atomic E-state index is -0.448. The molecule has 3 atom stereocenters. The third kappa shape index (κ3) is 2.36. The fraction of sp³-hybridized carbons (Fsp3) is 0.238. The standard InChI is InChI=1S/C21H20N6O/c1-12-23-26-21(27(12)2)18-19(13-7-4-3-5-8-13)22-15-10-6-9-14-16(11-28)24-25-20(18)17(14)15/h3-11,16,18-19,22,24H,1-2H3. The van der Waals surface area contributed by atoms with Crippen LogP contribution in [-0.4, -0.2) is 26.8 Å². The maximum atomic E-state index is 11.6. The normalized spacial score (nSPS) is 22.5. The van der Waals surface area contributed by atoms with E-state index in [2.05, 4.69) is 38.2 Å². The van der Waals surface area contributed by atoms with Gasteiger partial charge in [0.25, 0.3) is 0 Å². The lowest BCUT2D eigenvalue weighted by Gasteiger charge is -2.38. The van der Waals surface area contributed by atoms with Crippen LogP contribution in [0.4, 0.5) is 5.69 Å². The Morgan fingerprint density at radius 1 is 1.07 bits per heavy atom. The first-order valence-corrected chi connectivity index (χ1v) is 9.28. The quantitative estimate of drug-likeness (QED) is 0.691. The lowest BCUT2D eigenvalue weighted by molar-refractivity contribution is -0.109. The molecule has 7 heteroatoms. The van der Waals surface area contributed by atoms with Crippen LogP contribution in [0.3, 0.4) is 0 Å². The van der Waals surface area contributed by atoms with Gasteiger partial charge in [0.1, 0.15) is 24.0 Å². The molecule has 0 aliphatic carbocycles. The number of rotatable bonds is 3. The average Bonchev–Trinajstić information content (AvgIpc) is 3.07. The van der Waals surface area contributed by atoms with E-state index in [1.165, 1.54) is 0 Å². The number of carbonyl (C=O) groups is 1. The van der Waals surface area contributed by atoms with Gasteiger partial charge in [0, 0.05) is 18.3 Å². The third-order valence-electron chi connectivity index (χ3n) is 5.65. The van der Waals surface area contributed by atoms with Crippen molar-refractivity contribution in [2.75, 3.05) is 5.32 Å². The van der Waals surface area contributed by atoms with Crippen LogP contribution < -0.4 is 10.7 Å². The molecule has 0 saturated heterocycles. The van der Waals surface area contributed by atoms with Gasteiger partial charge >= 0.3 is 0 Å². The molecule has 0 bridgehead atoms. The van der Waals surface area contributed by atoms with E-state index < -0.39 is 6.04 Å². The molecule has 3 aromatic rings. The summed E-state index contributed by atoms with van der Waals surface area (Å²) < 4.78 is 2.00. The molecular formula is C21H20N6O. The number of aromatic nitrogens is 3. The second-order valence-electron chi connectivity index (χ2n) is 7.18. The van der Waals surface area contributed by atoms with Crippen LogP contribution in [0.25, 0.3) is 0 Å². The third-order valence-corrected chi connectivity index (χ3v) is 5.65. The van der Waals surface area contributed by atoms with Crippen molar-refractivity contribution in [2.24, 2.45) is 12.1 Å². The molecule has 2 aliphatic rings. The summed E-state index contributed by atoms with van der Waals surface area (Å²) in [5, 5.41) is 17.1. The zero-order chi connectivity index (χ0) is 19.3. The van der Waals surface area contributed by atoms with Crippen molar-refractivity contribution in [3.63, 3.8) is 0 Å². The van der Waals surface area contributed by atoms with Crippen LogP contribution in [0.2, 0.25) is 0 Å². The lowest BCUT2D eigenvalue weighted by atomic mass is 9.78. The van der Waals surface area contributed by atoms with Gasteiger partial charge in [-0.25, -0.2) is 0 Å². The summed E-state index contributed by atoms with van der Waals surface area (Å²) in [4.78, 5) is 11.6. The highest BCUT2D eigenvalue weighted by atomic mass is 16.1. The van der Waals surface area contributed by atoms with Crippen molar-refractivity contribution in [3.05, 3.63) is 76.9 Å². The van der Waals surface area contributed by atoms with E-state index in [1.54, 1.807) is 0 Å². The molecule has 7 nitrogen and oxygen atoms in total. The number of anilines is 1. The highest BCUT2D eigenvalue weighted by Gasteiger charge is 2.42. The smallest absolute Gasteiger partial charge is 0.148 e. The Balaban J connectivity index is 1.75. The first-order valence-electron chi connectivity index (χ1n) is 9.28. The number of aldehydes is 1. The maximum Gasteiger partial charge on any atom is 0.148 e.